The molecule has 0 saturated heterocycles. The molecule has 0 unspecified atom stereocenters. The zero-order chi connectivity index (χ0) is 15.4. The zero-order valence-electron chi connectivity index (χ0n) is 13.4. The molecule has 0 atom stereocenters. The van der Waals surface area contributed by atoms with Crippen LogP contribution in [0.3, 0.4) is 0 Å². The molecule has 1 aromatic carbocycles. The summed E-state index contributed by atoms with van der Waals surface area (Å²) in [5, 5.41) is 0. The Morgan fingerprint density at radius 2 is 2.10 bits per heavy atom. The Balaban J connectivity index is 2.14. The molecule has 4 heteroatoms. The van der Waals surface area contributed by atoms with Crippen LogP contribution < -0.4 is 4.74 Å². The van der Waals surface area contributed by atoms with Crippen LogP contribution in [0.1, 0.15) is 42.9 Å². The van der Waals surface area contributed by atoms with Crippen molar-refractivity contribution in [3.8, 4) is 5.75 Å². The third kappa shape index (κ3) is 3.76. The highest BCUT2D eigenvalue weighted by atomic mass is 16.5. The maximum Gasteiger partial charge on any atom is 0.306 e. The number of benzene rings is 1. The molecule has 1 aliphatic rings. The summed E-state index contributed by atoms with van der Waals surface area (Å²) in [5.74, 6) is 1.32. The zero-order valence-corrected chi connectivity index (χ0v) is 13.4. The van der Waals surface area contributed by atoms with Crippen molar-refractivity contribution in [2.75, 3.05) is 27.3 Å². The number of hydrogen-bond acceptors (Lipinski definition) is 4. The number of hydrogen-bond donors (Lipinski definition) is 0. The average molecular weight is 291 g/mol. The van der Waals surface area contributed by atoms with Gasteiger partial charge in [-0.25, -0.2) is 0 Å². The first kappa shape index (κ1) is 15.8. The highest BCUT2D eigenvalue weighted by Crippen LogP contribution is 2.32. The van der Waals surface area contributed by atoms with Gasteiger partial charge in [0.15, 0.2) is 0 Å². The molecule has 0 N–H and O–H groups in total. The molecule has 0 fully saturated rings. The number of ether oxygens (including phenoxy) is 2. The molecule has 0 saturated carbocycles. The molecule has 4 nitrogen and oxygen atoms in total. The minimum absolute atomic E-state index is 0.150. The summed E-state index contributed by atoms with van der Waals surface area (Å²) in [4.78, 5) is 13.6. The van der Waals surface area contributed by atoms with Gasteiger partial charge in [0.05, 0.1) is 20.6 Å². The molecule has 1 aliphatic heterocycles. The van der Waals surface area contributed by atoms with E-state index in [0.717, 1.165) is 31.8 Å². The Hall–Kier alpha value is -1.55. The second-order valence-electron chi connectivity index (χ2n) is 5.87. The van der Waals surface area contributed by atoms with Crippen LogP contribution in [0, 0.1) is 0 Å². The van der Waals surface area contributed by atoms with Crippen molar-refractivity contribution >= 4 is 5.97 Å². The summed E-state index contributed by atoms with van der Waals surface area (Å²) in [7, 11) is 3.16. The van der Waals surface area contributed by atoms with Gasteiger partial charge in [0, 0.05) is 25.2 Å². The van der Waals surface area contributed by atoms with Crippen molar-refractivity contribution in [3.63, 3.8) is 0 Å². The van der Waals surface area contributed by atoms with E-state index in [2.05, 4.69) is 30.9 Å². The lowest BCUT2D eigenvalue weighted by Gasteiger charge is -2.30. The van der Waals surface area contributed by atoms with Gasteiger partial charge in [-0.05, 0) is 29.5 Å². The van der Waals surface area contributed by atoms with E-state index < -0.39 is 0 Å². The molecule has 0 aromatic heterocycles. The molecular formula is C17H25NO3. The molecule has 0 bridgehead atoms. The summed E-state index contributed by atoms with van der Waals surface area (Å²) < 4.78 is 10.3. The summed E-state index contributed by atoms with van der Waals surface area (Å²) >= 11 is 0. The van der Waals surface area contributed by atoms with E-state index in [1.165, 1.54) is 23.8 Å². The molecule has 0 spiro atoms. The number of fused-ring (bicyclic) bond motifs is 1. The minimum Gasteiger partial charge on any atom is -0.496 e. The molecule has 0 amide bonds. The summed E-state index contributed by atoms with van der Waals surface area (Å²) in [6, 6.07) is 4.45. The average Bonchev–Trinajstić information content (AvgIpc) is 2.50. The lowest BCUT2D eigenvalue weighted by molar-refractivity contribution is -0.141. The lowest BCUT2D eigenvalue weighted by atomic mass is 9.92. The second kappa shape index (κ2) is 6.94. The molecule has 21 heavy (non-hydrogen) atoms. The SMILES string of the molecule is COC(=O)CCN1CCc2cc(C(C)C)cc(OC)c2C1. The molecule has 1 heterocycles. The van der Waals surface area contributed by atoms with Crippen LogP contribution in [-0.4, -0.2) is 38.2 Å². The fourth-order valence-electron chi connectivity index (χ4n) is 2.77. The number of nitrogens with zero attached hydrogens (tertiary/aromatic N) is 1. The minimum atomic E-state index is -0.150. The first-order valence-corrected chi connectivity index (χ1v) is 7.54. The van der Waals surface area contributed by atoms with Gasteiger partial charge < -0.3 is 9.47 Å². The normalized spacial score (nSPS) is 14.9. The fraction of sp³-hybridized carbons (Fsp3) is 0.588. The summed E-state index contributed by atoms with van der Waals surface area (Å²) in [5.41, 5.74) is 3.97. The lowest BCUT2D eigenvalue weighted by Crippen LogP contribution is -2.32. The first-order chi connectivity index (χ1) is 10.0. The van der Waals surface area contributed by atoms with Gasteiger partial charge in [0.25, 0.3) is 0 Å². The number of rotatable bonds is 5. The van der Waals surface area contributed by atoms with Gasteiger partial charge in [0.1, 0.15) is 5.75 Å². The van der Waals surface area contributed by atoms with E-state index in [-0.39, 0.29) is 5.97 Å². The third-order valence-electron chi connectivity index (χ3n) is 4.15. The van der Waals surface area contributed by atoms with Crippen molar-refractivity contribution in [2.45, 2.75) is 39.2 Å². The Morgan fingerprint density at radius 3 is 2.71 bits per heavy atom. The number of methoxy groups -OCH3 is 2. The van der Waals surface area contributed by atoms with Crippen LogP contribution in [0.5, 0.6) is 5.75 Å². The van der Waals surface area contributed by atoms with Gasteiger partial charge in [-0.15, -0.1) is 0 Å². The van der Waals surface area contributed by atoms with Gasteiger partial charge in [-0.1, -0.05) is 19.9 Å². The van der Waals surface area contributed by atoms with Gasteiger partial charge in [-0.2, -0.15) is 0 Å². The molecule has 116 valence electrons. The van der Waals surface area contributed by atoms with E-state index in [9.17, 15) is 4.79 Å². The Labute approximate surface area is 127 Å². The fourth-order valence-corrected chi connectivity index (χ4v) is 2.77. The predicted octanol–water partition coefficient (Wildman–Crippen LogP) is 2.74. The van der Waals surface area contributed by atoms with Crippen LogP contribution in [-0.2, 0) is 22.5 Å². The van der Waals surface area contributed by atoms with E-state index in [1.807, 2.05) is 0 Å². The monoisotopic (exact) mass is 291 g/mol. The van der Waals surface area contributed by atoms with Crippen LogP contribution in [0.15, 0.2) is 12.1 Å². The quantitative estimate of drug-likeness (QED) is 0.782. The van der Waals surface area contributed by atoms with Crippen molar-refractivity contribution in [1.82, 2.24) is 4.90 Å². The third-order valence-corrected chi connectivity index (χ3v) is 4.15. The Kier molecular flexibility index (Phi) is 5.23. The second-order valence-corrected chi connectivity index (χ2v) is 5.87. The maximum absolute atomic E-state index is 11.3. The largest absolute Gasteiger partial charge is 0.496 e. The number of carbonyl (C=O) groups excluding carboxylic acids is 1. The van der Waals surface area contributed by atoms with Crippen molar-refractivity contribution in [2.24, 2.45) is 0 Å². The summed E-state index contributed by atoms with van der Waals surface area (Å²) in [6.07, 6.45) is 1.45. The van der Waals surface area contributed by atoms with E-state index in [4.69, 9.17) is 9.47 Å². The Morgan fingerprint density at radius 1 is 1.33 bits per heavy atom. The van der Waals surface area contributed by atoms with E-state index >= 15 is 0 Å². The standard InChI is InChI=1S/C17H25NO3/c1-12(2)14-9-13-5-7-18(8-6-17(19)21-4)11-15(13)16(10-14)20-3/h9-10,12H,5-8,11H2,1-4H3. The Bertz CT molecular complexity index is 494. The van der Waals surface area contributed by atoms with Crippen molar-refractivity contribution in [1.29, 1.82) is 0 Å². The molecule has 2 rings (SSSR count). The molecule has 1 aromatic rings. The highest BCUT2D eigenvalue weighted by Gasteiger charge is 2.21. The maximum atomic E-state index is 11.3. The number of carbonyl (C=O) groups is 1. The number of esters is 1. The molecule has 0 radical (unpaired) electrons. The molecule has 0 aliphatic carbocycles. The van der Waals surface area contributed by atoms with Crippen LogP contribution in [0.25, 0.3) is 0 Å². The van der Waals surface area contributed by atoms with E-state index in [0.29, 0.717) is 12.3 Å². The van der Waals surface area contributed by atoms with E-state index in [1.54, 1.807) is 7.11 Å². The summed E-state index contributed by atoms with van der Waals surface area (Å²) in [6.45, 7) is 6.96. The van der Waals surface area contributed by atoms with Gasteiger partial charge in [0.2, 0.25) is 0 Å². The van der Waals surface area contributed by atoms with Crippen LogP contribution in [0.4, 0.5) is 0 Å². The van der Waals surface area contributed by atoms with Crippen LogP contribution >= 0.6 is 0 Å². The topological polar surface area (TPSA) is 38.8 Å². The van der Waals surface area contributed by atoms with Gasteiger partial charge in [-0.3, -0.25) is 9.69 Å². The predicted molar refractivity (Wildman–Crippen MR) is 82.7 cm³/mol. The smallest absolute Gasteiger partial charge is 0.306 e. The van der Waals surface area contributed by atoms with Crippen molar-refractivity contribution < 1.29 is 14.3 Å². The van der Waals surface area contributed by atoms with Crippen molar-refractivity contribution in [3.05, 3.63) is 28.8 Å². The van der Waals surface area contributed by atoms with Gasteiger partial charge >= 0.3 is 5.97 Å². The molecular weight excluding hydrogens is 266 g/mol. The van der Waals surface area contributed by atoms with Crippen LogP contribution in [0.2, 0.25) is 0 Å². The first-order valence-electron chi connectivity index (χ1n) is 7.54. The highest BCUT2D eigenvalue weighted by molar-refractivity contribution is 5.69.